The third-order valence-electron chi connectivity index (χ3n) is 5.32. The van der Waals surface area contributed by atoms with Gasteiger partial charge in [-0.05, 0) is 55.5 Å². The molecule has 7 heteroatoms. The van der Waals surface area contributed by atoms with Crippen molar-refractivity contribution in [3.8, 4) is 11.1 Å². The summed E-state index contributed by atoms with van der Waals surface area (Å²) in [4.78, 5) is 12.9. The van der Waals surface area contributed by atoms with Crippen molar-refractivity contribution in [2.75, 3.05) is 5.32 Å². The smallest absolute Gasteiger partial charge is 0.259 e. The Morgan fingerprint density at radius 2 is 2.10 bits per heavy atom. The topological polar surface area (TPSA) is 64.2 Å². The number of nitrogens with one attached hydrogen (secondary N) is 1. The van der Waals surface area contributed by atoms with Crippen molar-refractivity contribution in [3.63, 3.8) is 0 Å². The molecule has 1 N–H and O–H groups in total. The maximum Gasteiger partial charge on any atom is 0.259 e. The first-order valence-corrected chi connectivity index (χ1v) is 10.0. The number of aromatic nitrogens is 4. The van der Waals surface area contributed by atoms with Crippen LogP contribution in [0.25, 0.3) is 16.6 Å². The standard InChI is InChI=1S/C22H20ClN5O/c1-14-8-19(23)17(16-10-24-27(13-16)12-15-5-6-15)9-20(14)26-22(29)18-11-25-28-7-3-2-4-21(18)28/h2-4,7-11,13,15H,5-6,12H2,1H3,(H,26,29). The first-order chi connectivity index (χ1) is 14.1. The summed E-state index contributed by atoms with van der Waals surface area (Å²) < 4.78 is 3.66. The van der Waals surface area contributed by atoms with Crippen molar-refractivity contribution < 1.29 is 4.79 Å². The summed E-state index contributed by atoms with van der Waals surface area (Å²) >= 11 is 6.51. The molecule has 0 radical (unpaired) electrons. The SMILES string of the molecule is Cc1cc(Cl)c(-c2cnn(CC3CC3)c2)cc1NC(=O)c1cnn2ccccc12. The molecule has 3 heterocycles. The number of hydrogen-bond acceptors (Lipinski definition) is 3. The van der Waals surface area contributed by atoms with Gasteiger partial charge in [-0.3, -0.25) is 9.48 Å². The summed E-state index contributed by atoms with van der Waals surface area (Å²) in [6, 6.07) is 9.43. The highest BCUT2D eigenvalue weighted by Crippen LogP contribution is 2.34. The lowest BCUT2D eigenvalue weighted by atomic mass is 10.0. The van der Waals surface area contributed by atoms with Crippen LogP contribution in [0.2, 0.25) is 5.02 Å². The molecule has 0 bridgehead atoms. The molecule has 0 unspecified atom stereocenters. The summed E-state index contributed by atoms with van der Waals surface area (Å²) in [5, 5.41) is 12.4. The van der Waals surface area contributed by atoms with Gasteiger partial charge in [0.15, 0.2) is 0 Å². The predicted octanol–water partition coefficient (Wildman–Crippen LogP) is 4.82. The summed E-state index contributed by atoms with van der Waals surface area (Å²) in [6.07, 6.45) is 9.80. The average molecular weight is 406 g/mol. The zero-order valence-electron chi connectivity index (χ0n) is 16.0. The van der Waals surface area contributed by atoms with Crippen LogP contribution in [0.5, 0.6) is 0 Å². The van der Waals surface area contributed by atoms with Gasteiger partial charge in [-0.25, -0.2) is 4.52 Å². The van der Waals surface area contributed by atoms with Gasteiger partial charge in [0.25, 0.3) is 5.91 Å². The third kappa shape index (κ3) is 3.51. The molecule has 0 spiro atoms. The minimum atomic E-state index is -0.202. The molecule has 0 atom stereocenters. The van der Waals surface area contributed by atoms with Crippen molar-refractivity contribution in [1.82, 2.24) is 19.4 Å². The van der Waals surface area contributed by atoms with Crippen LogP contribution in [0.1, 0.15) is 28.8 Å². The van der Waals surface area contributed by atoms with Crippen molar-refractivity contribution in [3.05, 3.63) is 71.3 Å². The van der Waals surface area contributed by atoms with E-state index in [0.29, 0.717) is 10.6 Å². The zero-order valence-corrected chi connectivity index (χ0v) is 16.7. The molecular formula is C22H20ClN5O. The van der Waals surface area contributed by atoms with Gasteiger partial charge in [0.1, 0.15) is 0 Å². The molecule has 1 aliphatic rings. The highest BCUT2D eigenvalue weighted by molar-refractivity contribution is 6.33. The number of benzene rings is 1. The number of amides is 1. The van der Waals surface area contributed by atoms with Gasteiger partial charge in [0, 0.05) is 40.8 Å². The number of pyridine rings is 1. The summed E-state index contributed by atoms with van der Waals surface area (Å²) in [7, 11) is 0. The minimum Gasteiger partial charge on any atom is -0.322 e. The van der Waals surface area contributed by atoms with Gasteiger partial charge >= 0.3 is 0 Å². The fourth-order valence-electron chi connectivity index (χ4n) is 3.50. The molecular weight excluding hydrogens is 386 g/mol. The van der Waals surface area contributed by atoms with Gasteiger partial charge < -0.3 is 5.32 Å². The largest absolute Gasteiger partial charge is 0.322 e. The zero-order chi connectivity index (χ0) is 20.0. The number of carbonyl (C=O) groups is 1. The highest BCUT2D eigenvalue weighted by atomic mass is 35.5. The molecule has 1 aliphatic carbocycles. The Hall–Kier alpha value is -3.12. The Morgan fingerprint density at radius 3 is 2.93 bits per heavy atom. The Balaban J connectivity index is 1.44. The van der Waals surface area contributed by atoms with E-state index in [2.05, 4.69) is 15.5 Å². The second-order valence-electron chi connectivity index (χ2n) is 7.58. The Kier molecular flexibility index (Phi) is 4.36. The van der Waals surface area contributed by atoms with Crippen LogP contribution in [0.15, 0.2) is 55.1 Å². The Labute approximate surface area is 173 Å². The number of aryl methyl sites for hydroxylation is 1. The fourth-order valence-corrected chi connectivity index (χ4v) is 3.82. The van der Waals surface area contributed by atoms with E-state index in [4.69, 9.17) is 11.6 Å². The lowest BCUT2D eigenvalue weighted by Crippen LogP contribution is -2.12. The van der Waals surface area contributed by atoms with Gasteiger partial charge in [-0.15, -0.1) is 0 Å². The quantitative estimate of drug-likeness (QED) is 0.517. The van der Waals surface area contributed by atoms with E-state index in [9.17, 15) is 4.79 Å². The Morgan fingerprint density at radius 1 is 1.24 bits per heavy atom. The lowest BCUT2D eigenvalue weighted by molar-refractivity contribution is 0.102. The van der Waals surface area contributed by atoms with Crippen LogP contribution in [-0.2, 0) is 6.54 Å². The normalized spacial score (nSPS) is 13.7. The summed E-state index contributed by atoms with van der Waals surface area (Å²) in [5.41, 5.74) is 4.71. The van der Waals surface area contributed by atoms with E-state index in [1.54, 1.807) is 10.7 Å². The number of halogens is 1. The predicted molar refractivity (Wildman–Crippen MR) is 113 cm³/mol. The first kappa shape index (κ1) is 17.9. The lowest BCUT2D eigenvalue weighted by Gasteiger charge is -2.11. The van der Waals surface area contributed by atoms with Crippen LogP contribution < -0.4 is 5.32 Å². The maximum absolute atomic E-state index is 12.9. The summed E-state index contributed by atoms with van der Waals surface area (Å²) in [6.45, 7) is 2.87. The van der Waals surface area contributed by atoms with E-state index in [0.717, 1.165) is 40.4 Å². The Bertz CT molecular complexity index is 1220. The number of nitrogens with zero attached hydrogens (tertiary/aromatic N) is 4. The monoisotopic (exact) mass is 405 g/mol. The van der Waals surface area contributed by atoms with E-state index in [1.165, 1.54) is 12.8 Å². The van der Waals surface area contributed by atoms with Gasteiger partial charge in [0.2, 0.25) is 0 Å². The summed E-state index contributed by atoms with van der Waals surface area (Å²) in [5.74, 6) is 0.545. The number of hydrogen-bond donors (Lipinski definition) is 1. The van der Waals surface area contributed by atoms with Crippen LogP contribution in [0, 0.1) is 12.8 Å². The average Bonchev–Trinajstić information content (AvgIpc) is 3.23. The second kappa shape index (κ2) is 7.04. The van der Waals surface area contributed by atoms with Gasteiger partial charge in [-0.2, -0.15) is 10.2 Å². The van der Waals surface area contributed by atoms with Crippen molar-refractivity contribution in [2.24, 2.45) is 5.92 Å². The second-order valence-corrected chi connectivity index (χ2v) is 7.99. The van der Waals surface area contributed by atoms with Gasteiger partial charge in [-0.1, -0.05) is 17.7 Å². The number of anilines is 1. The molecule has 29 heavy (non-hydrogen) atoms. The van der Waals surface area contributed by atoms with Crippen molar-refractivity contribution in [1.29, 1.82) is 0 Å². The number of carbonyl (C=O) groups excluding carboxylic acids is 1. The maximum atomic E-state index is 12.9. The molecule has 6 nitrogen and oxygen atoms in total. The minimum absolute atomic E-state index is 0.202. The molecule has 1 fully saturated rings. The first-order valence-electron chi connectivity index (χ1n) is 9.65. The number of fused-ring (bicyclic) bond motifs is 1. The molecule has 5 rings (SSSR count). The van der Waals surface area contributed by atoms with Gasteiger partial charge in [0.05, 0.1) is 23.5 Å². The molecule has 3 aromatic heterocycles. The van der Waals surface area contributed by atoms with E-state index in [-0.39, 0.29) is 5.91 Å². The molecule has 0 aliphatic heterocycles. The molecule has 1 aromatic carbocycles. The molecule has 1 saturated carbocycles. The van der Waals surface area contributed by atoms with Crippen LogP contribution in [-0.4, -0.2) is 25.3 Å². The van der Waals surface area contributed by atoms with Crippen LogP contribution >= 0.6 is 11.6 Å². The molecule has 1 amide bonds. The molecule has 0 saturated heterocycles. The van der Waals surface area contributed by atoms with Crippen LogP contribution in [0.4, 0.5) is 5.69 Å². The van der Waals surface area contributed by atoms with Crippen LogP contribution in [0.3, 0.4) is 0 Å². The van der Waals surface area contributed by atoms with Crippen molar-refractivity contribution in [2.45, 2.75) is 26.3 Å². The fraction of sp³-hybridized carbons (Fsp3) is 0.227. The third-order valence-corrected chi connectivity index (χ3v) is 5.63. The van der Waals surface area contributed by atoms with E-state index < -0.39 is 0 Å². The highest BCUT2D eigenvalue weighted by Gasteiger charge is 2.22. The van der Waals surface area contributed by atoms with Crippen molar-refractivity contribution >= 4 is 28.7 Å². The van der Waals surface area contributed by atoms with E-state index in [1.807, 2.05) is 60.5 Å². The van der Waals surface area contributed by atoms with E-state index >= 15 is 0 Å². The molecule has 146 valence electrons. The number of rotatable bonds is 5. The molecule has 4 aromatic rings.